The number of hydrogen-bond donors (Lipinski definition) is 0. The van der Waals surface area contributed by atoms with E-state index < -0.39 is 0 Å². The second-order valence-electron chi connectivity index (χ2n) is 6.71. The van der Waals surface area contributed by atoms with Crippen LogP contribution in [0.25, 0.3) is 0 Å². The number of likely N-dealkylation sites (tertiary alicyclic amines) is 1. The van der Waals surface area contributed by atoms with E-state index in [9.17, 15) is 0 Å². The van der Waals surface area contributed by atoms with Crippen LogP contribution in [0.1, 0.15) is 28.5 Å². The summed E-state index contributed by atoms with van der Waals surface area (Å²) in [6.45, 7) is 3.28. The summed E-state index contributed by atoms with van der Waals surface area (Å²) >= 11 is 0. The Balaban J connectivity index is 1.60. The Morgan fingerprint density at radius 3 is 1.46 bits per heavy atom. The maximum atomic E-state index is 2.60. The average molecular weight is 313 g/mol. The van der Waals surface area contributed by atoms with E-state index in [0.29, 0.717) is 11.8 Å². The van der Waals surface area contributed by atoms with Crippen LogP contribution >= 0.6 is 0 Å². The Bertz CT molecular complexity index is 704. The Morgan fingerprint density at radius 1 is 0.583 bits per heavy atom. The lowest BCUT2D eigenvalue weighted by atomic mass is 9.84. The molecule has 1 aliphatic rings. The summed E-state index contributed by atoms with van der Waals surface area (Å²) in [4.78, 5) is 2.60. The van der Waals surface area contributed by atoms with Crippen molar-refractivity contribution < 1.29 is 0 Å². The molecule has 1 nitrogen and oxygen atoms in total. The Labute approximate surface area is 144 Å². The topological polar surface area (TPSA) is 3.24 Å². The molecule has 0 spiro atoms. The Morgan fingerprint density at radius 2 is 1.00 bits per heavy atom. The van der Waals surface area contributed by atoms with Gasteiger partial charge in [-0.2, -0.15) is 0 Å². The fourth-order valence-corrected chi connectivity index (χ4v) is 3.93. The van der Waals surface area contributed by atoms with Gasteiger partial charge in [0.1, 0.15) is 0 Å². The number of benzene rings is 3. The molecule has 0 bridgehead atoms. The summed E-state index contributed by atoms with van der Waals surface area (Å²) < 4.78 is 0. The van der Waals surface area contributed by atoms with Crippen molar-refractivity contribution in [2.24, 2.45) is 0 Å². The van der Waals surface area contributed by atoms with Crippen molar-refractivity contribution in [1.82, 2.24) is 4.90 Å². The largest absolute Gasteiger partial charge is 0.298 e. The lowest BCUT2D eigenvalue weighted by Gasteiger charge is -2.19. The monoisotopic (exact) mass is 313 g/mol. The van der Waals surface area contributed by atoms with E-state index in [4.69, 9.17) is 0 Å². The van der Waals surface area contributed by atoms with Gasteiger partial charge < -0.3 is 0 Å². The molecule has 0 aliphatic carbocycles. The zero-order valence-corrected chi connectivity index (χ0v) is 13.9. The van der Waals surface area contributed by atoms with Gasteiger partial charge in [0.25, 0.3) is 0 Å². The lowest BCUT2D eigenvalue weighted by Crippen LogP contribution is -2.20. The predicted octanol–water partition coefficient (Wildman–Crippen LogP) is 5.07. The van der Waals surface area contributed by atoms with Gasteiger partial charge in [0, 0.05) is 31.5 Å². The third kappa shape index (κ3) is 3.27. The average Bonchev–Trinajstić information content (AvgIpc) is 3.08. The minimum atomic E-state index is 0.567. The molecule has 0 saturated carbocycles. The molecule has 0 N–H and O–H groups in total. The molecule has 0 unspecified atom stereocenters. The second kappa shape index (κ2) is 7.02. The minimum Gasteiger partial charge on any atom is -0.298 e. The molecule has 1 heteroatoms. The van der Waals surface area contributed by atoms with Crippen LogP contribution in [0.4, 0.5) is 0 Å². The van der Waals surface area contributed by atoms with Crippen molar-refractivity contribution in [3.8, 4) is 0 Å². The molecule has 3 aromatic rings. The smallest absolute Gasteiger partial charge is 0.0234 e. The van der Waals surface area contributed by atoms with Crippen LogP contribution in [0.3, 0.4) is 0 Å². The molecule has 24 heavy (non-hydrogen) atoms. The molecule has 1 aliphatic heterocycles. The van der Waals surface area contributed by atoms with Gasteiger partial charge in [-0.25, -0.2) is 0 Å². The molecule has 2 atom stereocenters. The molecule has 0 amide bonds. The summed E-state index contributed by atoms with van der Waals surface area (Å²) in [5.41, 5.74) is 4.32. The predicted molar refractivity (Wildman–Crippen MR) is 100 cm³/mol. The maximum absolute atomic E-state index is 2.60. The van der Waals surface area contributed by atoms with Crippen molar-refractivity contribution in [2.45, 2.75) is 18.4 Å². The molecule has 4 rings (SSSR count). The first-order chi connectivity index (χ1) is 11.9. The summed E-state index contributed by atoms with van der Waals surface area (Å²) in [5.74, 6) is 1.13. The van der Waals surface area contributed by atoms with Crippen molar-refractivity contribution >= 4 is 0 Å². The van der Waals surface area contributed by atoms with E-state index in [1.165, 1.54) is 16.7 Å². The van der Waals surface area contributed by atoms with Gasteiger partial charge in [-0.3, -0.25) is 4.90 Å². The molecule has 0 aromatic heterocycles. The summed E-state index contributed by atoms with van der Waals surface area (Å²) in [5, 5.41) is 0. The molecule has 1 fully saturated rings. The van der Waals surface area contributed by atoms with E-state index in [1.54, 1.807) is 0 Å². The summed E-state index contributed by atoms with van der Waals surface area (Å²) in [7, 11) is 0. The molecular weight excluding hydrogens is 290 g/mol. The SMILES string of the molecule is c1ccc(CN2C[C@@H](c3ccccc3)[C@H](c3ccccc3)C2)cc1. The van der Waals surface area contributed by atoms with E-state index >= 15 is 0 Å². The zero-order chi connectivity index (χ0) is 16.2. The lowest BCUT2D eigenvalue weighted by molar-refractivity contribution is 0.324. The third-order valence-electron chi connectivity index (χ3n) is 5.10. The Kier molecular flexibility index (Phi) is 4.44. The van der Waals surface area contributed by atoms with Gasteiger partial charge in [0.05, 0.1) is 0 Å². The highest BCUT2D eigenvalue weighted by atomic mass is 15.2. The second-order valence-corrected chi connectivity index (χ2v) is 6.71. The van der Waals surface area contributed by atoms with Crippen molar-refractivity contribution in [3.63, 3.8) is 0 Å². The molecule has 1 heterocycles. The summed E-state index contributed by atoms with van der Waals surface area (Å²) in [6.07, 6.45) is 0. The van der Waals surface area contributed by atoms with Crippen LogP contribution < -0.4 is 0 Å². The van der Waals surface area contributed by atoms with Crippen molar-refractivity contribution in [3.05, 3.63) is 108 Å². The molecule has 0 radical (unpaired) electrons. The van der Waals surface area contributed by atoms with Gasteiger partial charge >= 0.3 is 0 Å². The highest BCUT2D eigenvalue weighted by Crippen LogP contribution is 2.40. The van der Waals surface area contributed by atoms with Crippen LogP contribution in [-0.4, -0.2) is 18.0 Å². The van der Waals surface area contributed by atoms with Crippen molar-refractivity contribution in [2.75, 3.05) is 13.1 Å². The van der Waals surface area contributed by atoms with Gasteiger partial charge in [-0.05, 0) is 16.7 Å². The van der Waals surface area contributed by atoms with Crippen molar-refractivity contribution in [1.29, 1.82) is 0 Å². The third-order valence-corrected chi connectivity index (χ3v) is 5.10. The van der Waals surface area contributed by atoms with Crippen LogP contribution in [0.2, 0.25) is 0 Å². The normalized spacial score (nSPS) is 21.0. The Hall–Kier alpha value is -2.38. The fourth-order valence-electron chi connectivity index (χ4n) is 3.93. The van der Waals surface area contributed by atoms with E-state index in [2.05, 4.69) is 95.9 Å². The highest BCUT2D eigenvalue weighted by Gasteiger charge is 2.34. The van der Waals surface area contributed by atoms with Gasteiger partial charge in [-0.15, -0.1) is 0 Å². The quantitative estimate of drug-likeness (QED) is 0.650. The standard InChI is InChI=1S/C23H23N/c1-4-10-19(11-5-1)16-24-17-22(20-12-6-2-7-13-20)23(18-24)21-14-8-3-9-15-21/h1-15,22-23H,16-18H2/t22-,23-/m0/s1. The van der Waals surface area contributed by atoms with E-state index in [0.717, 1.165) is 19.6 Å². The zero-order valence-electron chi connectivity index (χ0n) is 13.9. The van der Waals surface area contributed by atoms with Gasteiger partial charge in [0.15, 0.2) is 0 Å². The highest BCUT2D eigenvalue weighted by molar-refractivity contribution is 5.31. The van der Waals surface area contributed by atoms with Crippen LogP contribution in [0.15, 0.2) is 91.0 Å². The number of rotatable bonds is 4. The first-order valence-corrected chi connectivity index (χ1v) is 8.76. The number of hydrogen-bond acceptors (Lipinski definition) is 1. The van der Waals surface area contributed by atoms with E-state index in [1.807, 2.05) is 0 Å². The minimum absolute atomic E-state index is 0.567. The van der Waals surface area contributed by atoms with Crippen LogP contribution in [0.5, 0.6) is 0 Å². The van der Waals surface area contributed by atoms with Crippen LogP contribution in [0, 0.1) is 0 Å². The van der Waals surface area contributed by atoms with Gasteiger partial charge in [0.2, 0.25) is 0 Å². The van der Waals surface area contributed by atoms with E-state index in [-0.39, 0.29) is 0 Å². The first kappa shape index (κ1) is 15.2. The first-order valence-electron chi connectivity index (χ1n) is 8.76. The fraction of sp³-hybridized carbons (Fsp3) is 0.217. The molecular formula is C23H23N. The van der Waals surface area contributed by atoms with Gasteiger partial charge in [-0.1, -0.05) is 91.0 Å². The van der Waals surface area contributed by atoms with Crippen LogP contribution in [-0.2, 0) is 6.54 Å². The summed E-state index contributed by atoms with van der Waals surface area (Å²) in [6, 6.07) is 32.8. The molecule has 3 aromatic carbocycles. The maximum Gasteiger partial charge on any atom is 0.0234 e. The molecule has 120 valence electrons. The molecule has 1 saturated heterocycles. The number of nitrogens with zero attached hydrogens (tertiary/aromatic N) is 1.